The molecule has 0 radical (unpaired) electrons. The Bertz CT molecular complexity index is 399. The van der Waals surface area contributed by atoms with Gasteiger partial charge in [-0.1, -0.05) is 73.8 Å². The first kappa shape index (κ1) is 29.9. The molecule has 0 aromatic carbocycles. The van der Waals surface area contributed by atoms with Crippen molar-refractivity contribution in [1.29, 1.82) is 0 Å². The van der Waals surface area contributed by atoms with E-state index in [9.17, 15) is 4.79 Å². The van der Waals surface area contributed by atoms with Gasteiger partial charge in [0.15, 0.2) is 0 Å². The molecule has 0 amide bonds. The zero-order valence-electron chi connectivity index (χ0n) is 19.6. The summed E-state index contributed by atoms with van der Waals surface area (Å²) in [4.78, 5) is 11.8. The molecule has 1 unspecified atom stereocenters. The maximum atomic E-state index is 11.8. The summed E-state index contributed by atoms with van der Waals surface area (Å²) in [5, 5.41) is 6.56. The largest absolute Gasteiger partial charge is 0.376 e. The molecule has 178 valence electrons. The monoisotopic (exact) mass is 462 g/mol. The third-order valence-corrected chi connectivity index (χ3v) is 6.72. The molecule has 0 heterocycles. The lowest BCUT2D eigenvalue weighted by molar-refractivity contribution is -0.119. The van der Waals surface area contributed by atoms with E-state index in [4.69, 9.17) is 9.47 Å². The molecular weight excluding hydrogens is 416 g/mol. The maximum Gasteiger partial charge on any atom is 0.148 e. The Labute approximate surface area is 193 Å². The zero-order chi connectivity index (χ0) is 22.1. The summed E-state index contributed by atoms with van der Waals surface area (Å²) < 4.78 is 11.1. The molecule has 0 rings (SSSR count). The fraction of sp³-hybridized carbons (Fsp3) is 0.870. The number of hydrogen-bond donors (Lipinski definition) is 2. The normalized spacial score (nSPS) is 12.6. The summed E-state index contributed by atoms with van der Waals surface area (Å²) in [6, 6.07) is 0. The van der Waals surface area contributed by atoms with Crippen LogP contribution in [-0.4, -0.2) is 63.5 Å². The number of hydrogen-bond acceptors (Lipinski definition) is 7. The fourth-order valence-corrected chi connectivity index (χ4v) is 4.29. The van der Waals surface area contributed by atoms with E-state index >= 15 is 0 Å². The van der Waals surface area contributed by atoms with Crippen molar-refractivity contribution in [2.45, 2.75) is 65.7 Å². The average molecular weight is 463 g/mol. The number of allylic oxidation sites excluding steroid dienone is 1. The minimum atomic E-state index is 0.189. The van der Waals surface area contributed by atoms with Crippen LogP contribution in [0.5, 0.6) is 0 Å². The molecule has 7 heteroatoms. The summed E-state index contributed by atoms with van der Waals surface area (Å²) >= 11 is 0. The molecule has 0 aromatic rings. The van der Waals surface area contributed by atoms with Gasteiger partial charge in [-0.3, -0.25) is 4.79 Å². The van der Waals surface area contributed by atoms with Crippen LogP contribution in [0.2, 0.25) is 0 Å². The van der Waals surface area contributed by atoms with E-state index in [1.807, 2.05) is 10.8 Å². The summed E-state index contributed by atoms with van der Waals surface area (Å²) in [7, 11) is 3.53. The minimum Gasteiger partial charge on any atom is -0.376 e. The first-order valence-corrected chi connectivity index (χ1v) is 14.2. The van der Waals surface area contributed by atoms with Gasteiger partial charge in [0.25, 0.3) is 0 Å². The van der Waals surface area contributed by atoms with Gasteiger partial charge in [0.05, 0.1) is 26.4 Å². The van der Waals surface area contributed by atoms with E-state index in [-0.39, 0.29) is 5.78 Å². The van der Waals surface area contributed by atoms with Crippen molar-refractivity contribution in [3.05, 3.63) is 12.2 Å². The van der Waals surface area contributed by atoms with Crippen molar-refractivity contribution in [2.24, 2.45) is 5.92 Å². The van der Waals surface area contributed by atoms with E-state index in [1.165, 1.54) is 38.5 Å². The third-order valence-electron chi connectivity index (χ3n) is 4.63. The summed E-state index contributed by atoms with van der Waals surface area (Å²) in [6.45, 7) is 11.7. The van der Waals surface area contributed by atoms with Gasteiger partial charge in [-0.15, -0.1) is 0 Å². The maximum absolute atomic E-state index is 11.8. The number of ketones is 1. The molecule has 0 saturated heterocycles. The average Bonchev–Trinajstić information content (AvgIpc) is 2.75. The smallest absolute Gasteiger partial charge is 0.148 e. The molecule has 0 aliphatic carbocycles. The van der Waals surface area contributed by atoms with Crippen molar-refractivity contribution in [3.8, 4) is 0 Å². The number of carbonyl (C=O) groups is 1. The molecular formula is C23H46N2O3S2. The predicted octanol–water partition coefficient (Wildman–Crippen LogP) is 5.07. The Hall–Kier alpha value is -0.0500. The Morgan fingerprint density at radius 1 is 0.967 bits per heavy atom. The standard InChI is InChI=1S/C23H46N2O3S2/c1-4-7-10-22(6-3)11-9-16-27-18-14-25-20-23(26)12-17-28-21-30-29-19-15-24-13-8-5-2/h9,11,22,24-25H,4-8,10,12-21H2,1-3H3/b11-9+. The van der Waals surface area contributed by atoms with Crippen molar-refractivity contribution in [2.75, 3.05) is 57.7 Å². The lowest BCUT2D eigenvalue weighted by Gasteiger charge is -2.09. The quantitative estimate of drug-likeness (QED) is 0.0898. The molecule has 0 bridgehead atoms. The number of unbranched alkanes of at least 4 members (excludes halogenated alkanes) is 2. The van der Waals surface area contributed by atoms with Gasteiger partial charge in [-0.05, 0) is 31.7 Å². The third kappa shape index (κ3) is 22.6. The highest BCUT2D eigenvalue weighted by atomic mass is 33.1. The lowest BCUT2D eigenvalue weighted by Crippen LogP contribution is -2.27. The Morgan fingerprint density at radius 3 is 2.57 bits per heavy atom. The predicted molar refractivity (Wildman–Crippen MR) is 134 cm³/mol. The van der Waals surface area contributed by atoms with E-state index < -0.39 is 0 Å². The number of nitrogens with one attached hydrogen (secondary N) is 2. The SMILES string of the molecule is CCCCNCCSSCOCCC(=O)CNCCOC/C=C/C(CC)CCCC. The molecule has 0 fully saturated rings. The minimum absolute atomic E-state index is 0.189. The van der Waals surface area contributed by atoms with Gasteiger partial charge in [0, 0.05) is 25.3 Å². The highest BCUT2D eigenvalue weighted by molar-refractivity contribution is 8.76. The van der Waals surface area contributed by atoms with Crippen molar-refractivity contribution >= 4 is 27.4 Å². The van der Waals surface area contributed by atoms with E-state index in [0.717, 1.165) is 18.8 Å². The molecule has 0 aliphatic rings. The van der Waals surface area contributed by atoms with E-state index in [1.54, 1.807) is 10.8 Å². The highest BCUT2D eigenvalue weighted by Crippen LogP contribution is 2.20. The van der Waals surface area contributed by atoms with Crippen LogP contribution in [0.1, 0.15) is 65.7 Å². The fourth-order valence-electron chi connectivity index (χ4n) is 2.68. The highest BCUT2D eigenvalue weighted by Gasteiger charge is 2.02. The first-order chi connectivity index (χ1) is 14.7. The van der Waals surface area contributed by atoms with Crippen LogP contribution in [0.3, 0.4) is 0 Å². The molecule has 5 nitrogen and oxygen atoms in total. The molecule has 0 aliphatic heterocycles. The molecule has 1 atom stereocenters. The second-order valence-corrected chi connectivity index (χ2v) is 9.88. The van der Waals surface area contributed by atoms with Gasteiger partial charge in [0.2, 0.25) is 0 Å². The van der Waals surface area contributed by atoms with Crippen LogP contribution >= 0.6 is 21.6 Å². The van der Waals surface area contributed by atoms with Gasteiger partial charge >= 0.3 is 0 Å². The molecule has 0 spiro atoms. The summed E-state index contributed by atoms with van der Waals surface area (Å²) in [5.74, 6) is 2.58. The lowest BCUT2D eigenvalue weighted by atomic mass is 9.99. The number of carbonyl (C=O) groups excluding carboxylic acids is 1. The van der Waals surface area contributed by atoms with Gasteiger partial charge < -0.3 is 20.1 Å². The van der Waals surface area contributed by atoms with E-state index in [2.05, 4.69) is 43.6 Å². The van der Waals surface area contributed by atoms with Crippen LogP contribution in [0.4, 0.5) is 0 Å². The molecule has 0 aromatic heterocycles. The van der Waals surface area contributed by atoms with Gasteiger partial charge in [0.1, 0.15) is 11.7 Å². The number of Topliss-reactive ketones (excluding diaryl/α,β-unsaturated/α-hetero) is 1. The molecule has 30 heavy (non-hydrogen) atoms. The van der Waals surface area contributed by atoms with Crippen molar-refractivity contribution < 1.29 is 14.3 Å². The number of ether oxygens (including phenoxy) is 2. The molecule has 0 saturated carbocycles. The summed E-state index contributed by atoms with van der Waals surface area (Å²) in [6.07, 6.45) is 12.4. The van der Waals surface area contributed by atoms with Crippen LogP contribution in [0, 0.1) is 5.92 Å². The number of rotatable bonds is 24. The second-order valence-electron chi connectivity index (χ2n) is 7.35. The first-order valence-electron chi connectivity index (χ1n) is 11.7. The van der Waals surface area contributed by atoms with Crippen LogP contribution in [0.15, 0.2) is 12.2 Å². The van der Waals surface area contributed by atoms with Crippen LogP contribution < -0.4 is 10.6 Å². The van der Waals surface area contributed by atoms with Crippen molar-refractivity contribution in [3.63, 3.8) is 0 Å². The second kappa shape index (κ2) is 25.2. The van der Waals surface area contributed by atoms with E-state index in [0.29, 0.717) is 51.2 Å². The van der Waals surface area contributed by atoms with Gasteiger partial charge in [-0.2, -0.15) is 0 Å². The van der Waals surface area contributed by atoms with Crippen LogP contribution in [0.25, 0.3) is 0 Å². The van der Waals surface area contributed by atoms with Crippen LogP contribution in [-0.2, 0) is 14.3 Å². The Kier molecular flexibility index (Phi) is 25.2. The topological polar surface area (TPSA) is 59.6 Å². The van der Waals surface area contributed by atoms with Gasteiger partial charge in [-0.25, -0.2) is 0 Å². The summed E-state index contributed by atoms with van der Waals surface area (Å²) in [5.41, 5.74) is 0. The Balaban J connectivity index is 3.34. The van der Waals surface area contributed by atoms with Crippen molar-refractivity contribution in [1.82, 2.24) is 10.6 Å². The zero-order valence-corrected chi connectivity index (χ0v) is 21.2. The molecule has 2 N–H and O–H groups in total. The Morgan fingerprint density at radius 2 is 1.80 bits per heavy atom.